The molecule has 0 radical (unpaired) electrons. The average Bonchev–Trinajstić information content (AvgIpc) is 3.33. The number of carboxylic acid groups (broad SMARTS) is 1. The van der Waals surface area contributed by atoms with Gasteiger partial charge in [0.25, 0.3) is 0 Å². The van der Waals surface area contributed by atoms with Crippen LogP contribution in [0.15, 0.2) is 54.7 Å². The maximum atomic E-state index is 13.5. The van der Waals surface area contributed by atoms with Crippen molar-refractivity contribution in [3.8, 4) is 5.75 Å². The van der Waals surface area contributed by atoms with Crippen LogP contribution in [0.1, 0.15) is 45.2 Å². The Hall–Kier alpha value is -4.38. The van der Waals surface area contributed by atoms with Gasteiger partial charge in [0.15, 0.2) is 0 Å². The number of aliphatic carboxylic acids is 1. The highest BCUT2D eigenvalue weighted by Crippen LogP contribution is 2.19. The number of carbonyl (C=O) groups is 4. The van der Waals surface area contributed by atoms with Crippen LogP contribution in [0.25, 0.3) is 10.9 Å². The molecule has 11 nitrogen and oxygen atoms in total. The molecule has 4 unspecified atom stereocenters. The second-order valence-corrected chi connectivity index (χ2v) is 11.4. The van der Waals surface area contributed by atoms with Gasteiger partial charge in [-0.15, -0.1) is 0 Å². The fourth-order valence-electron chi connectivity index (χ4n) is 4.73. The Morgan fingerprint density at radius 3 is 2.10 bits per heavy atom. The van der Waals surface area contributed by atoms with E-state index < -0.39 is 47.9 Å². The van der Waals surface area contributed by atoms with Crippen LogP contribution in [-0.4, -0.2) is 63.1 Å². The molecule has 3 amide bonds. The van der Waals surface area contributed by atoms with E-state index in [4.69, 9.17) is 5.73 Å². The largest absolute Gasteiger partial charge is 0.508 e. The molecule has 1 heterocycles. The van der Waals surface area contributed by atoms with Crippen LogP contribution in [0.4, 0.5) is 0 Å². The van der Waals surface area contributed by atoms with Crippen LogP contribution in [0.3, 0.4) is 0 Å². The zero-order valence-electron chi connectivity index (χ0n) is 24.4. The van der Waals surface area contributed by atoms with Crippen LogP contribution in [0.5, 0.6) is 5.75 Å². The molecule has 0 spiro atoms. The second kappa shape index (κ2) is 14.5. The molecule has 11 heteroatoms. The molecule has 0 bridgehead atoms. The predicted octanol–water partition coefficient (Wildman–Crippen LogP) is 2.23. The summed E-state index contributed by atoms with van der Waals surface area (Å²) in [6.45, 7) is 7.20. The van der Waals surface area contributed by atoms with Crippen molar-refractivity contribution >= 4 is 34.6 Å². The smallest absolute Gasteiger partial charge is 0.326 e. The number of carbonyl (C=O) groups excluding carboxylic acids is 3. The van der Waals surface area contributed by atoms with Gasteiger partial charge in [-0.3, -0.25) is 14.4 Å². The molecule has 4 atom stereocenters. The van der Waals surface area contributed by atoms with E-state index in [2.05, 4.69) is 20.9 Å². The number of benzene rings is 2. The highest BCUT2D eigenvalue weighted by Gasteiger charge is 2.32. The zero-order valence-corrected chi connectivity index (χ0v) is 24.4. The van der Waals surface area contributed by atoms with Crippen LogP contribution < -0.4 is 21.7 Å². The lowest BCUT2D eigenvalue weighted by Gasteiger charge is -2.27. The third-order valence-corrected chi connectivity index (χ3v) is 7.03. The monoisotopic (exact) mass is 579 g/mol. The Morgan fingerprint density at radius 2 is 1.48 bits per heavy atom. The number of aromatic amines is 1. The standard InChI is InChI=1S/C31H41N5O6/c1-17(2)13-26(31(41)42)35-29(39)25(14-19-9-11-21(37)12-10-19)34-30(40)27(18(3)4)36-28(38)23(32)15-20-16-33-24-8-6-5-7-22(20)24/h5-12,16-18,23,25-27,33,37H,13-15,32H2,1-4H3,(H,34,40)(H,35,39)(H,36,38)(H,41,42). The fraction of sp³-hybridized carbons (Fsp3) is 0.419. The number of phenolic OH excluding ortho intramolecular Hbond substituents is 1. The summed E-state index contributed by atoms with van der Waals surface area (Å²) < 4.78 is 0. The molecule has 0 aliphatic carbocycles. The lowest BCUT2D eigenvalue weighted by molar-refractivity contribution is -0.142. The minimum Gasteiger partial charge on any atom is -0.508 e. The van der Waals surface area contributed by atoms with Crippen molar-refractivity contribution in [1.82, 2.24) is 20.9 Å². The van der Waals surface area contributed by atoms with E-state index in [-0.39, 0.29) is 36.8 Å². The number of phenols is 1. The molecule has 3 aromatic rings. The van der Waals surface area contributed by atoms with E-state index in [1.54, 1.807) is 32.2 Å². The molecular formula is C31H41N5O6. The van der Waals surface area contributed by atoms with E-state index in [9.17, 15) is 29.4 Å². The molecule has 2 aromatic carbocycles. The molecule has 0 aliphatic heterocycles. The highest BCUT2D eigenvalue weighted by molar-refractivity contribution is 5.94. The summed E-state index contributed by atoms with van der Waals surface area (Å²) in [5.41, 5.74) is 8.67. The lowest BCUT2D eigenvalue weighted by Crippen LogP contribution is -2.59. The topological polar surface area (TPSA) is 187 Å². The maximum Gasteiger partial charge on any atom is 0.326 e. The zero-order chi connectivity index (χ0) is 31.0. The van der Waals surface area contributed by atoms with Gasteiger partial charge in [-0.05, 0) is 54.0 Å². The molecule has 1 aromatic heterocycles. The van der Waals surface area contributed by atoms with E-state index in [1.165, 1.54) is 12.1 Å². The first-order valence-electron chi connectivity index (χ1n) is 14.1. The third kappa shape index (κ3) is 8.81. The Bertz CT molecular complexity index is 1380. The van der Waals surface area contributed by atoms with Gasteiger partial charge in [-0.1, -0.05) is 58.0 Å². The van der Waals surface area contributed by atoms with Crippen LogP contribution in [0, 0.1) is 11.8 Å². The number of hydrogen-bond donors (Lipinski definition) is 7. The van der Waals surface area contributed by atoms with E-state index >= 15 is 0 Å². The Morgan fingerprint density at radius 1 is 0.833 bits per heavy atom. The second-order valence-electron chi connectivity index (χ2n) is 11.4. The number of amides is 3. The summed E-state index contributed by atoms with van der Waals surface area (Å²) in [6.07, 6.45) is 2.30. The first kappa shape index (κ1) is 32.1. The van der Waals surface area contributed by atoms with E-state index in [0.717, 1.165) is 16.5 Å². The quantitative estimate of drug-likeness (QED) is 0.152. The molecular weight excluding hydrogens is 538 g/mol. The van der Waals surface area contributed by atoms with Crippen LogP contribution >= 0.6 is 0 Å². The molecule has 0 aliphatic rings. The number of rotatable bonds is 14. The van der Waals surface area contributed by atoms with E-state index in [1.807, 2.05) is 38.1 Å². The minimum absolute atomic E-state index is 0.00513. The van der Waals surface area contributed by atoms with Gasteiger partial charge in [0.1, 0.15) is 23.9 Å². The first-order valence-corrected chi connectivity index (χ1v) is 14.1. The molecule has 226 valence electrons. The number of aromatic nitrogens is 1. The fourth-order valence-corrected chi connectivity index (χ4v) is 4.73. The Balaban J connectivity index is 1.75. The average molecular weight is 580 g/mol. The SMILES string of the molecule is CC(C)CC(NC(=O)C(Cc1ccc(O)cc1)NC(=O)C(NC(=O)C(N)Cc1c[nH]c2ccccc12)C(C)C)C(=O)O. The van der Waals surface area contributed by atoms with Gasteiger partial charge in [0.05, 0.1) is 6.04 Å². The molecule has 0 saturated carbocycles. The maximum absolute atomic E-state index is 13.5. The number of para-hydroxylation sites is 1. The molecule has 8 N–H and O–H groups in total. The number of nitrogens with one attached hydrogen (secondary N) is 4. The van der Waals surface area contributed by atoms with Gasteiger partial charge >= 0.3 is 5.97 Å². The molecule has 42 heavy (non-hydrogen) atoms. The van der Waals surface area contributed by atoms with Gasteiger partial charge in [0.2, 0.25) is 17.7 Å². The summed E-state index contributed by atoms with van der Waals surface area (Å²) in [7, 11) is 0. The van der Waals surface area contributed by atoms with Crippen molar-refractivity contribution in [3.63, 3.8) is 0 Å². The summed E-state index contributed by atoms with van der Waals surface area (Å²) in [5, 5.41) is 28.2. The number of carboxylic acids is 1. The van der Waals surface area contributed by atoms with Gasteiger partial charge in [-0.25, -0.2) is 4.79 Å². The first-order chi connectivity index (χ1) is 19.8. The Kier molecular flexibility index (Phi) is 11.1. The number of hydrogen-bond acceptors (Lipinski definition) is 6. The summed E-state index contributed by atoms with van der Waals surface area (Å²) in [4.78, 5) is 54.8. The minimum atomic E-state index is -1.18. The van der Waals surface area contributed by atoms with Crippen LogP contribution in [0.2, 0.25) is 0 Å². The number of nitrogens with two attached hydrogens (primary N) is 1. The predicted molar refractivity (Wildman–Crippen MR) is 160 cm³/mol. The third-order valence-electron chi connectivity index (χ3n) is 7.03. The van der Waals surface area contributed by atoms with Crippen molar-refractivity contribution in [2.45, 2.75) is 71.1 Å². The van der Waals surface area contributed by atoms with Crippen molar-refractivity contribution in [2.24, 2.45) is 17.6 Å². The van der Waals surface area contributed by atoms with E-state index in [0.29, 0.717) is 5.56 Å². The number of aromatic hydroxyl groups is 1. The van der Waals surface area contributed by atoms with Crippen LogP contribution in [-0.2, 0) is 32.0 Å². The Labute approximate surface area is 245 Å². The van der Waals surface area contributed by atoms with Crippen molar-refractivity contribution < 1.29 is 29.4 Å². The van der Waals surface area contributed by atoms with Crippen molar-refractivity contribution in [1.29, 1.82) is 0 Å². The van der Waals surface area contributed by atoms with Gasteiger partial charge < -0.3 is 36.9 Å². The lowest BCUT2D eigenvalue weighted by atomic mass is 9.99. The summed E-state index contributed by atoms with van der Waals surface area (Å²) in [5.74, 6) is -3.27. The number of fused-ring (bicyclic) bond motifs is 1. The molecule has 0 saturated heterocycles. The normalized spacial score (nSPS) is 14.3. The molecule has 0 fully saturated rings. The van der Waals surface area contributed by atoms with Crippen molar-refractivity contribution in [2.75, 3.05) is 0 Å². The summed E-state index contributed by atoms with van der Waals surface area (Å²) >= 11 is 0. The van der Waals surface area contributed by atoms with Gasteiger partial charge in [-0.2, -0.15) is 0 Å². The summed E-state index contributed by atoms with van der Waals surface area (Å²) in [6, 6.07) is 9.57. The number of H-pyrrole nitrogens is 1. The van der Waals surface area contributed by atoms with Crippen molar-refractivity contribution in [3.05, 3.63) is 65.9 Å². The molecule has 3 rings (SSSR count). The highest BCUT2D eigenvalue weighted by atomic mass is 16.4. The van der Waals surface area contributed by atoms with Gasteiger partial charge in [0, 0.05) is 23.5 Å².